The highest BCUT2D eigenvalue weighted by Gasteiger charge is 2.22. The van der Waals surface area contributed by atoms with E-state index in [1.54, 1.807) is 6.07 Å². The van der Waals surface area contributed by atoms with E-state index in [0.29, 0.717) is 5.56 Å². The van der Waals surface area contributed by atoms with Gasteiger partial charge in [-0.15, -0.1) is 0 Å². The third-order valence-corrected chi connectivity index (χ3v) is 6.26. The Hall–Kier alpha value is -2.39. The number of nitrogens with one attached hydrogen (secondary N) is 1. The average molecular weight is 410 g/mol. The lowest BCUT2D eigenvalue weighted by atomic mass is 10.2. The van der Waals surface area contributed by atoms with Crippen molar-refractivity contribution in [3.63, 3.8) is 0 Å². The molecule has 8 nitrogen and oxygen atoms in total. The quantitative estimate of drug-likeness (QED) is 0.515. The molecule has 0 atom stereocenters. The van der Waals surface area contributed by atoms with Gasteiger partial charge in [0.2, 0.25) is 10.0 Å². The first-order valence-corrected chi connectivity index (χ1v) is 10.4. The molecule has 0 unspecified atom stereocenters. The zero-order chi connectivity index (χ0) is 20.7. The Morgan fingerprint density at radius 2 is 1.93 bits per heavy atom. The van der Waals surface area contributed by atoms with Crippen LogP contribution < -0.4 is 10.1 Å². The normalized spacial score (nSPS) is 15.1. The monoisotopic (exact) mass is 410 g/mol. The van der Waals surface area contributed by atoms with Crippen molar-refractivity contribution in [2.45, 2.75) is 36.6 Å². The van der Waals surface area contributed by atoms with Gasteiger partial charge in [0.15, 0.2) is 6.61 Å². The number of hydrogen-bond acceptors (Lipinski definition) is 6. The van der Waals surface area contributed by atoms with Crippen molar-refractivity contribution in [2.24, 2.45) is 0 Å². The molecule has 1 N–H and O–H groups in total. The summed E-state index contributed by atoms with van der Waals surface area (Å²) in [5.74, 6) is -0.802. The van der Waals surface area contributed by atoms with Crippen LogP contribution in [0.4, 0.5) is 0 Å². The molecule has 1 aliphatic carbocycles. The highest BCUT2D eigenvalue weighted by Crippen LogP contribution is 2.27. The Labute approximate surface area is 165 Å². The third kappa shape index (κ3) is 5.80. The minimum Gasteiger partial charge on any atom is -0.495 e. The Bertz CT molecular complexity index is 842. The summed E-state index contributed by atoms with van der Waals surface area (Å²) < 4.78 is 35.9. The van der Waals surface area contributed by atoms with E-state index < -0.39 is 16.0 Å². The number of sulfonamides is 1. The maximum Gasteiger partial charge on any atom is 0.331 e. The average Bonchev–Trinajstić information content (AvgIpc) is 3.17. The third-order valence-electron chi connectivity index (χ3n) is 4.42. The summed E-state index contributed by atoms with van der Waals surface area (Å²) >= 11 is 0. The lowest BCUT2D eigenvalue weighted by Crippen LogP contribution is -2.35. The van der Waals surface area contributed by atoms with Crippen LogP contribution in [0.3, 0.4) is 0 Å². The number of ether oxygens (including phenoxy) is 2. The summed E-state index contributed by atoms with van der Waals surface area (Å²) in [5.41, 5.74) is 0.480. The van der Waals surface area contributed by atoms with Gasteiger partial charge in [-0.3, -0.25) is 4.79 Å². The zero-order valence-corrected chi connectivity index (χ0v) is 17.1. The number of hydrogen-bond donors (Lipinski definition) is 1. The van der Waals surface area contributed by atoms with Crippen LogP contribution in [-0.2, 0) is 24.3 Å². The predicted molar refractivity (Wildman–Crippen MR) is 104 cm³/mol. The van der Waals surface area contributed by atoms with Crippen LogP contribution in [-0.4, -0.2) is 58.5 Å². The maximum absolute atomic E-state index is 12.4. The zero-order valence-electron chi connectivity index (χ0n) is 16.3. The summed E-state index contributed by atoms with van der Waals surface area (Å²) in [6, 6.07) is 4.70. The fraction of sp³-hybridized carbons (Fsp3) is 0.474. The first-order chi connectivity index (χ1) is 13.2. The van der Waals surface area contributed by atoms with Gasteiger partial charge in [-0.05, 0) is 36.6 Å². The fourth-order valence-electron chi connectivity index (χ4n) is 2.88. The molecule has 1 saturated carbocycles. The number of carbonyl (C=O) groups is 2. The molecule has 1 aromatic rings. The molecular formula is C19H26N2O6S. The van der Waals surface area contributed by atoms with E-state index in [4.69, 9.17) is 9.47 Å². The smallest absolute Gasteiger partial charge is 0.331 e. The molecule has 1 aromatic carbocycles. The van der Waals surface area contributed by atoms with E-state index >= 15 is 0 Å². The predicted octanol–water partition coefficient (Wildman–Crippen LogP) is 1.56. The van der Waals surface area contributed by atoms with Crippen molar-refractivity contribution >= 4 is 28.0 Å². The molecule has 0 spiro atoms. The van der Waals surface area contributed by atoms with E-state index in [-0.39, 0.29) is 29.2 Å². The standard InChI is InChI=1S/C19H26N2O6S/c1-21(2)28(24,25)17-12-14(8-10-16(17)26-3)9-11-19(23)27-13-18(22)20-15-6-4-5-7-15/h8-12,15H,4-7,13H2,1-3H3,(H,20,22)/b11-9+. The van der Waals surface area contributed by atoms with Crippen molar-refractivity contribution in [1.29, 1.82) is 0 Å². The van der Waals surface area contributed by atoms with Crippen LogP contribution in [0.15, 0.2) is 29.2 Å². The minimum atomic E-state index is -3.71. The van der Waals surface area contributed by atoms with Crippen molar-refractivity contribution in [1.82, 2.24) is 9.62 Å². The molecule has 0 heterocycles. The van der Waals surface area contributed by atoms with Crippen LogP contribution in [0, 0.1) is 0 Å². The van der Waals surface area contributed by atoms with E-state index in [1.165, 1.54) is 39.4 Å². The SMILES string of the molecule is COc1ccc(/C=C/C(=O)OCC(=O)NC2CCCC2)cc1S(=O)(=O)N(C)C. The fourth-order valence-corrected chi connectivity index (χ4v) is 3.97. The highest BCUT2D eigenvalue weighted by atomic mass is 32.2. The van der Waals surface area contributed by atoms with Crippen LogP contribution in [0.1, 0.15) is 31.2 Å². The lowest BCUT2D eigenvalue weighted by molar-refractivity contribution is -0.144. The van der Waals surface area contributed by atoms with E-state index in [9.17, 15) is 18.0 Å². The number of carbonyl (C=O) groups excluding carboxylic acids is 2. The van der Waals surface area contributed by atoms with Crippen LogP contribution in [0.2, 0.25) is 0 Å². The van der Waals surface area contributed by atoms with E-state index in [2.05, 4.69) is 5.32 Å². The molecule has 1 aliphatic rings. The van der Waals surface area contributed by atoms with Gasteiger partial charge in [-0.1, -0.05) is 18.9 Å². The van der Waals surface area contributed by atoms with Crippen LogP contribution in [0.5, 0.6) is 5.75 Å². The van der Waals surface area contributed by atoms with Gasteiger partial charge in [0.1, 0.15) is 10.6 Å². The Morgan fingerprint density at radius 3 is 2.54 bits per heavy atom. The summed E-state index contributed by atoms with van der Waals surface area (Å²) in [6.07, 6.45) is 6.67. The van der Waals surface area contributed by atoms with Crippen molar-refractivity contribution < 1.29 is 27.5 Å². The maximum atomic E-state index is 12.4. The van der Waals surface area contributed by atoms with Crippen molar-refractivity contribution in [2.75, 3.05) is 27.8 Å². The van der Waals surface area contributed by atoms with Gasteiger partial charge < -0.3 is 14.8 Å². The number of nitrogens with zero attached hydrogens (tertiary/aromatic N) is 1. The number of amides is 1. The molecule has 1 fully saturated rings. The molecule has 154 valence electrons. The van der Waals surface area contributed by atoms with Crippen LogP contribution in [0.25, 0.3) is 6.08 Å². The second kappa shape index (κ2) is 9.70. The molecule has 0 aliphatic heterocycles. The van der Waals surface area contributed by atoms with E-state index in [0.717, 1.165) is 36.1 Å². The van der Waals surface area contributed by atoms with Crippen molar-refractivity contribution in [3.05, 3.63) is 29.8 Å². The summed E-state index contributed by atoms with van der Waals surface area (Å²) in [6.45, 7) is -0.345. The highest BCUT2D eigenvalue weighted by molar-refractivity contribution is 7.89. The molecule has 2 rings (SSSR count). The number of methoxy groups -OCH3 is 1. The molecule has 0 bridgehead atoms. The number of rotatable bonds is 8. The van der Waals surface area contributed by atoms with Gasteiger partial charge in [-0.2, -0.15) is 0 Å². The number of benzene rings is 1. The van der Waals surface area contributed by atoms with Gasteiger partial charge in [0.25, 0.3) is 5.91 Å². The van der Waals surface area contributed by atoms with Crippen molar-refractivity contribution in [3.8, 4) is 5.75 Å². The Kier molecular flexibility index (Phi) is 7.59. The minimum absolute atomic E-state index is 0.00791. The molecule has 0 aromatic heterocycles. The van der Waals surface area contributed by atoms with Gasteiger partial charge in [-0.25, -0.2) is 17.5 Å². The second-order valence-electron chi connectivity index (χ2n) is 6.69. The molecular weight excluding hydrogens is 384 g/mol. The first-order valence-electron chi connectivity index (χ1n) is 8.99. The lowest BCUT2D eigenvalue weighted by Gasteiger charge is -2.15. The summed E-state index contributed by atoms with van der Waals surface area (Å²) in [4.78, 5) is 23.6. The Balaban J connectivity index is 1.99. The Morgan fingerprint density at radius 1 is 1.25 bits per heavy atom. The largest absolute Gasteiger partial charge is 0.495 e. The topological polar surface area (TPSA) is 102 Å². The first kappa shape index (κ1) is 21.9. The summed E-state index contributed by atoms with van der Waals surface area (Å²) in [5, 5.41) is 2.83. The summed E-state index contributed by atoms with van der Waals surface area (Å²) in [7, 11) is 0.518. The van der Waals surface area contributed by atoms with E-state index in [1.807, 2.05) is 0 Å². The second-order valence-corrected chi connectivity index (χ2v) is 8.81. The molecule has 0 saturated heterocycles. The van der Waals surface area contributed by atoms with Gasteiger partial charge in [0, 0.05) is 26.2 Å². The number of esters is 1. The molecule has 1 amide bonds. The van der Waals surface area contributed by atoms with Gasteiger partial charge in [0.05, 0.1) is 7.11 Å². The van der Waals surface area contributed by atoms with Crippen LogP contribution >= 0.6 is 0 Å². The molecule has 0 radical (unpaired) electrons. The van der Waals surface area contributed by atoms with Gasteiger partial charge >= 0.3 is 5.97 Å². The molecule has 9 heteroatoms. The molecule has 28 heavy (non-hydrogen) atoms.